The number of sulfonamides is 1. The highest BCUT2D eigenvalue weighted by atomic mass is 35.5. The maximum Gasteiger partial charge on any atom is 0.338 e. The number of nitrogens with zero attached hydrogens (tertiary/aromatic N) is 3. The van der Waals surface area contributed by atoms with Gasteiger partial charge >= 0.3 is 5.97 Å². The van der Waals surface area contributed by atoms with Crippen LogP contribution in [-0.2, 0) is 24.3 Å². The van der Waals surface area contributed by atoms with Crippen LogP contribution >= 0.6 is 23.3 Å². The molecule has 4 rings (SSSR count). The molecule has 1 aliphatic heterocycles. The van der Waals surface area contributed by atoms with Gasteiger partial charge < -0.3 is 14.8 Å². The maximum absolute atomic E-state index is 12.9. The Balaban J connectivity index is 1.44. The largest absolute Gasteiger partial charge is 0.452 e. The zero-order valence-corrected chi connectivity index (χ0v) is 18.9. The number of benzene rings is 2. The zero-order chi connectivity index (χ0) is 22.7. The number of hydrogen-bond acceptors (Lipinski definition) is 9. The SMILES string of the molecule is O=C(COC(=O)c1ccc(Cl)c(S(=O)(=O)N2CCOCC2)c1)Nc1cccc2nsnc12. The molecule has 2 aromatic carbocycles. The first-order valence-electron chi connectivity index (χ1n) is 9.42. The highest BCUT2D eigenvalue weighted by Gasteiger charge is 2.29. The van der Waals surface area contributed by atoms with Crippen molar-refractivity contribution in [1.82, 2.24) is 13.1 Å². The Kier molecular flexibility index (Phi) is 6.67. The fourth-order valence-corrected chi connectivity index (χ4v) is 5.52. The summed E-state index contributed by atoms with van der Waals surface area (Å²) in [7, 11) is -3.91. The first-order chi connectivity index (χ1) is 15.4. The van der Waals surface area contributed by atoms with Gasteiger partial charge in [-0.05, 0) is 30.3 Å². The molecule has 3 aromatic rings. The third-order valence-corrected chi connectivity index (χ3v) is 7.57. The number of rotatable bonds is 6. The number of hydrogen-bond donors (Lipinski definition) is 1. The van der Waals surface area contributed by atoms with Gasteiger partial charge in [0.25, 0.3) is 5.91 Å². The third kappa shape index (κ3) is 4.74. The number of nitrogens with one attached hydrogen (secondary N) is 1. The minimum atomic E-state index is -3.91. The molecule has 0 aliphatic carbocycles. The molecule has 0 atom stereocenters. The second-order valence-electron chi connectivity index (χ2n) is 6.72. The molecule has 1 aliphatic rings. The molecular formula is C19H17ClN4O6S2. The van der Waals surface area contributed by atoms with Crippen LogP contribution in [0.15, 0.2) is 41.3 Å². The number of ether oxygens (including phenoxy) is 2. The lowest BCUT2D eigenvalue weighted by molar-refractivity contribution is -0.119. The van der Waals surface area contributed by atoms with Gasteiger partial charge in [-0.15, -0.1) is 0 Å². The highest BCUT2D eigenvalue weighted by molar-refractivity contribution is 7.89. The van der Waals surface area contributed by atoms with E-state index < -0.39 is 28.5 Å². The van der Waals surface area contributed by atoms with Gasteiger partial charge in [0.05, 0.1) is 41.2 Å². The Morgan fingerprint density at radius 1 is 1.19 bits per heavy atom. The van der Waals surface area contributed by atoms with Crippen LogP contribution in [0.25, 0.3) is 11.0 Å². The van der Waals surface area contributed by atoms with Gasteiger partial charge in [-0.2, -0.15) is 13.1 Å². The van der Waals surface area contributed by atoms with E-state index in [9.17, 15) is 18.0 Å². The third-order valence-electron chi connectivity index (χ3n) is 4.65. The first kappa shape index (κ1) is 22.6. The van der Waals surface area contributed by atoms with Crippen molar-refractivity contribution in [3.63, 3.8) is 0 Å². The van der Waals surface area contributed by atoms with E-state index in [1.54, 1.807) is 18.2 Å². The Bertz CT molecular complexity index is 1270. The normalized spacial score (nSPS) is 14.9. The molecular weight excluding hydrogens is 480 g/mol. The number of aromatic nitrogens is 2. The topological polar surface area (TPSA) is 128 Å². The van der Waals surface area contributed by atoms with Crippen LogP contribution in [0, 0.1) is 0 Å². The van der Waals surface area contributed by atoms with E-state index in [2.05, 4.69) is 14.1 Å². The average molecular weight is 497 g/mol. The Hall–Kier alpha value is -2.64. The molecule has 10 nitrogen and oxygen atoms in total. The van der Waals surface area contributed by atoms with Crippen LogP contribution in [0.1, 0.15) is 10.4 Å². The number of amides is 1. The molecule has 0 radical (unpaired) electrons. The van der Waals surface area contributed by atoms with Crippen molar-refractivity contribution < 1.29 is 27.5 Å². The molecule has 168 valence electrons. The molecule has 1 amide bonds. The second-order valence-corrected chi connectivity index (χ2v) is 9.57. The van der Waals surface area contributed by atoms with E-state index in [1.165, 1.54) is 16.4 Å². The summed E-state index contributed by atoms with van der Waals surface area (Å²) in [4.78, 5) is 24.5. The summed E-state index contributed by atoms with van der Waals surface area (Å²) in [6.45, 7) is 0.362. The van der Waals surface area contributed by atoms with Crippen molar-refractivity contribution in [2.45, 2.75) is 4.90 Å². The summed E-state index contributed by atoms with van der Waals surface area (Å²) in [6.07, 6.45) is 0. The molecule has 0 unspecified atom stereocenters. The number of carbonyl (C=O) groups excluding carboxylic acids is 2. The van der Waals surface area contributed by atoms with Crippen molar-refractivity contribution in [3.8, 4) is 0 Å². The van der Waals surface area contributed by atoms with Crippen molar-refractivity contribution in [2.75, 3.05) is 38.2 Å². The highest BCUT2D eigenvalue weighted by Crippen LogP contribution is 2.27. The summed E-state index contributed by atoms with van der Waals surface area (Å²) in [5.74, 6) is -1.43. The van der Waals surface area contributed by atoms with Crippen LogP contribution < -0.4 is 5.32 Å². The van der Waals surface area contributed by atoms with Crippen LogP contribution in [0.2, 0.25) is 5.02 Å². The van der Waals surface area contributed by atoms with Crippen molar-refractivity contribution >= 4 is 61.9 Å². The van der Waals surface area contributed by atoms with Crippen molar-refractivity contribution in [2.24, 2.45) is 0 Å². The van der Waals surface area contributed by atoms with Crippen molar-refractivity contribution in [3.05, 3.63) is 47.0 Å². The molecule has 0 spiro atoms. The molecule has 1 fully saturated rings. The smallest absolute Gasteiger partial charge is 0.338 e. The summed E-state index contributed by atoms with van der Waals surface area (Å²) < 4.78 is 45.5. The predicted octanol–water partition coefficient (Wildman–Crippen LogP) is 2.16. The minimum absolute atomic E-state index is 0.0178. The van der Waals surface area contributed by atoms with Gasteiger partial charge in [0.15, 0.2) is 6.61 Å². The first-order valence-corrected chi connectivity index (χ1v) is 12.0. The maximum atomic E-state index is 12.9. The number of anilines is 1. The van der Waals surface area contributed by atoms with E-state index in [-0.39, 0.29) is 41.8 Å². The number of esters is 1. The van der Waals surface area contributed by atoms with Crippen LogP contribution in [-0.4, -0.2) is 66.3 Å². The Morgan fingerprint density at radius 2 is 1.97 bits per heavy atom. The van der Waals surface area contributed by atoms with Crippen LogP contribution in [0.3, 0.4) is 0 Å². The molecule has 0 saturated carbocycles. The van der Waals surface area contributed by atoms with E-state index >= 15 is 0 Å². The lowest BCUT2D eigenvalue weighted by Gasteiger charge is -2.26. The van der Waals surface area contributed by atoms with Gasteiger partial charge in [0.2, 0.25) is 10.0 Å². The lowest BCUT2D eigenvalue weighted by Crippen LogP contribution is -2.40. The quantitative estimate of drug-likeness (QED) is 0.514. The number of morpholine rings is 1. The zero-order valence-electron chi connectivity index (χ0n) is 16.5. The van der Waals surface area contributed by atoms with Gasteiger partial charge in [-0.1, -0.05) is 17.7 Å². The average Bonchev–Trinajstić information content (AvgIpc) is 3.28. The second kappa shape index (κ2) is 9.46. The van der Waals surface area contributed by atoms with Gasteiger partial charge in [-0.25, -0.2) is 13.2 Å². The van der Waals surface area contributed by atoms with E-state index in [4.69, 9.17) is 21.1 Å². The fraction of sp³-hybridized carbons (Fsp3) is 0.263. The molecule has 1 N–H and O–H groups in total. The predicted molar refractivity (Wildman–Crippen MR) is 117 cm³/mol. The standard InChI is InChI=1S/C19H17ClN4O6S2/c20-13-5-4-12(10-16(13)32(27,28)24-6-8-29-9-7-24)19(26)30-11-17(25)21-14-2-1-3-15-18(14)23-31-22-15/h1-5,10H,6-9,11H2,(H,21,25). The van der Waals surface area contributed by atoms with Crippen LogP contribution in [0.4, 0.5) is 5.69 Å². The monoisotopic (exact) mass is 496 g/mol. The number of carbonyl (C=O) groups is 2. The van der Waals surface area contributed by atoms with Gasteiger partial charge in [0, 0.05) is 13.1 Å². The fourth-order valence-electron chi connectivity index (χ4n) is 3.06. The van der Waals surface area contributed by atoms with Gasteiger partial charge in [0.1, 0.15) is 15.9 Å². The van der Waals surface area contributed by atoms with Crippen molar-refractivity contribution in [1.29, 1.82) is 0 Å². The molecule has 2 heterocycles. The van der Waals surface area contributed by atoms with E-state index in [0.717, 1.165) is 17.8 Å². The van der Waals surface area contributed by atoms with Gasteiger partial charge in [-0.3, -0.25) is 4.79 Å². The summed E-state index contributed by atoms with van der Waals surface area (Å²) in [6, 6.07) is 8.93. The summed E-state index contributed by atoms with van der Waals surface area (Å²) >= 11 is 7.11. The number of fused-ring (bicyclic) bond motifs is 1. The van der Waals surface area contributed by atoms with E-state index in [1.807, 2.05) is 0 Å². The molecule has 13 heteroatoms. The molecule has 32 heavy (non-hydrogen) atoms. The van der Waals surface area contributed by atoms with Crippen LogP contribution in [0.5, 0.6) is 0 Å². The molecule has 0 bridgehead atoms. The Labute approximate surface area is 192 Å². The lowest BCUT2D eigenvalue weighted by atomic mass is 10.2. The Morgan fingerprint density at radius 3 is 2.75 bits per heavy atom. The summed E-state index contributed by atoms with van der Waals surface area (Å²) in [5, 5.41) is 2.60. The minimum Gasteiger partial charge on any atom is -0.452 e. The number of halogens is 1. The molecule has 1 aromatic heterocycles. The molecule has 1 saturated heterocycles. The summed E-state index contributed by atoms with van der Waals surface area (Å²) in [5.41, 5.74) is 1.58. The van der Waals surface area contributed by atoms with E-state index in [0.29, 0.717) is 16.7 Å².